The maximum Gasteiger partial charge on any atom is 0.116 e. The van der Waals surface area contributed by atoms with E-state index in [1.807, 2.05) is 6.07 Å². The molecule has 276 valence electrons. The second-order valence-electron chi connectivity index (χ2n) is 19.8. The maximum atomic E-state index is 11.2. The van der Waals surface area contributed by atoms with E-state index in [1.54, 1.807) is 0 Å². The molecule has 0 amide bonds. The number of aliphatic hydroxyl groups excluding tert-OH is 1. The second-order valence-corrected chi connectivity index (χ2v) is 22.4. The molecule has 11 atom stereocenters. The zero-order valence-corrected chi connectivity index (χ0v) is 33.0. The van der Waals surface area contributed by atoms with Crippen molar-refractivity contribution in [2.75, 3.05) is 12.4 Å². The summed E-state index contributed by atoms with van der Waals surface area (Å²) in [7, 11) is 4.40. The van der Waals surface area contributed by atoms with Gasteiger partial charge < -0.3 is 15.5 Å². The van der Waals surface area contributed by atoms with Gasteiger partial charge >= 0.3 is 0 Å². The largest absolute Gasteiger partial charge is 0.508 e. The summed E-state index contributed by atoms with van der Waals surface area (Å²) in [4.78, 5) is 0. The number of aromatic hydroxyl groups is 1. The second kappa shape index (κ2) is 13.7. The Bertz CT molecular complexity index is 1630. The molecule has 0 radical (unpaired) electrons. The molecule has 9 rings (SSSR count). The summed E-state index contributed by atoms with van der Waals surface area (Å²) >= 11 is 0. The predicted molar refractivity (Wildman–Crippen MR) is 215 cm³/mol. The molecule has 51 heavy (non-hydrogen) atoms. The molecule has 1 saturated heterocycles. The molecule has 3 spiro atoms. The molecular formula is C46H63NO2S2. The topological polar surface area (TPSA) is 52.5 Å². The van der Waals surface area contributed by atoms with Crippen molar-refractivity contribution in [2.45, 2.75) is 134 Å². The van der Waals surface area contributed by atoms with Crippen LogP contribution in [0.3, 0.4) is 0 Å². The van der Waals surface area contributed by atoms with Crippen LogP contribution < -0.4 is 5.32 Å². The summed E-state index contributed by atoms with van der Waals surface area (Å²) in [6, 6.07) is 15.6. The average Bonchev–Trinajstić information content (AvgIpc) is 3.60. The fourth-order valence-corrected chi connectivity index (χ4v) is 17.4. The van der Waals surface area contributed by atoms with E-state index in [-0.39, 0.29) is 5.54 Å². The number of benzene rings is 2. The summed E-state index contributed by atoms with van der Waals surface area (Å²) in [5, 5.41) is 26.2. The number of hydrogen-bond acceptors (Lipinski definition) is 5. The van der Waals surface area contributed by atoms with Gasteiger partial charge in [-0.2, -0.15) is 0 Å². The van der Waals surface area contributed by atoms with Crippen LogP contribution in [0.5, 0.6) is 5.75 Å². The van der Waals surface area contributed by atoms with E-state index in [1.165, 1.54) is 118 Å². The van der Waals surface area contributed by atoms with Crippen LogP contribution >= 0.6 is 21.6 Å². The van der Waals surface area contributed by atoms with Gasteiger partial charge in [-0.3, -0.25) is 0 Å². The van der Waals surface area contributed by atoms with Crippen LogP contribution in [0.25, 0.3) is 0 Å². The first-order valence-corrected chi connectivity index (χ1v) is 23.2. The monoisotopic (exact) mass is 725 g/mol. The van der Waals surface area contributed by atoms with Gasteiger partial charge in [0.2, 0.25) is 0 Å². The third-order valence-electron chi connectivity index (χ3n) is 15.9. The van der Waals surface area contributed by atoms with Crippen LogP contribution in [0.2, 0.25) is 0 Å². The standard InChI is InChI=1S/C46H63NO2S2/c1-31-6-5-11-46(23-31)29-45(15-14-44(28-45)13-9-32(24-44)27-48)25-40-37-18-34-16-33(19-39(49)20-34)17-35-7-3-4-8-36(35)26-47-43(2)12-10-42(51-50-30-43)38(21-37)22-41(40)46/h3-5,7-8,11,16,19-20,31-32,37-38,40-42,47-49H,6,9-10,12-15,17-18,21-30H2,1-2H3. The summed E-state index contributed by atoms with van der Waals surface area (Å²) in [6.07, 6.45) is 26.2. The van der Waals surface area contributed by atoms with Gasteiger partial charge in [0.15, 0.2) is 0 Å². The molecule has 6 bridgehead atoms. The first-order chi connectivity index (χ1) is 24.6. The van der Waals surface area contributed by atoms with Crippen molar-refractivity contribution < 1.29 is 10.2 Å². The highest BCUT2D eigenvalue weighted by atomic mass is 33.1. The molecule has 3 N–H and O–H groups in total. The van der Waals surface area contributed by atoms with Crippen molar-refractivity contribution in [3.63, 3.8) is 0 Å². The lowest BCUT2D eigenvalue weighted by atomic mass is 9.44. The third-order valence-corrected chi connectivity index (χ3v) is 19.2. The molecule has 11 unspecified atom stereocenters. The Morgan fingerprint density at radius 1 is 0.882 bits per heavy atom. The Morgan fingerprint density at radius 2 is 1.73 bits per heavy atom. The minimum absolute atomic E-state index is 0.138. The number of phenolic OH excluding ortho intramolecular Hbond substituents is 1. The number of phenols is 1. The third kappa shape index (κ3) is 6.91. The van der Waals surface area contributed by atoms with Crippen LogP contribution in [0.15, 0.2) is 54.6 Å². The smallest absolute Gasteiger partial charge is 0.116 e. The van der Waals surface area contributed by atoms with Gasteiger partial charge in [0.1, 0.15) is 5.75 Å². The van der Waals surface area contributed by atoms with E-state index in [9.17, 15) is 10.2 Å². The SMILES string of the molecule is CC1CC=CC2(C1)CC1(CCC3(CCC(CO)C3)C1)CC1C3Cc4cc(O)cc(c4)Cc4ccccc4CNC4(C)CCC(SSC4)C(C3)CC12. The summed E-state index contributed by atoms with van der Waals surface area (Å²) in [6.45, 7) is 6.32. The van der Waals surface area contributed by atoms with Crippen LogP contribution in [0.4, 0.5) is 0 Å². The molecular weight excluding hydrogens is 663 g/mol. The number of aliphatic hydroxyl groups is 1. The number of hydrogen-bond donors (Lipinski definition) is 3. The van der Waals surface area contributed by atoms with Gasteiger partial charge in [0.05, 0.1) is 0 Å². The molecule has 5 heteroatoms. The van der Waals surface area contributed by atoms with Crippen molar-refractivity contribution >= 4 is 21.6 Å². The highest BCUT2D eigenvalue weighted by Gasteiger charge is 2.61. The van der Waals surface area contributed by atoms with Crippen LogP contribution in [0, 0.1) is 51.8 Å². The van der Waals surface area contributed by atoms with Crippen molar-refractivity contribution in [1.82, 2.24) is 5.32 Å². The molecule has 2 aromatic rings. The maximum absolute atomic E-state index is 11.2. The fourth-order valence-electron chi connectivity index (χ4n) is 13.8. The Labute approximate surface area is 316 Å². The van der Waals surface area contributed by atoms with Crippen molar-refractivity contribution in [1.29, 1.82) is 0 Å². The summed E-state index contributed by atoms with van der Waals surface area (Å²) in [5.74, 6) is 5.83. The van der Waals surface area contributed by atoms with Gasteiger partial charge in [0.25, 0.3) is 0 Å². The minimum atomic E-state index is 0.138. The normalized spacial score (nSPS) is 43.7. The van der Waals surface area contributed by atoms with Crippen LogP contribution in [-0.4, -0.2) is 33.4 Å². The summed E-state index contributed by atoms with van der Waals surface area (Å²) < 4.78 is 0. The minimum Gasteiger partial charge on any atom is -0.508 e. The fraction of sp³-hybridized carbons (Fsp3) is 0.696. The molecule has 2 aromatic carbocycles. The van der Waals surface area contributed by atoms with Crippen LogP contribution in [-0.2, 0) is 19.4 Å². The van der Waals surface area contributed by atoms with E-state index < -0.39 is 0 Å². The zero-order valence-electron chi connectivity index (χ0n) is 31.4. The number of rotatable bonds is 1. The Hall–Kier alpha value is -1.40. The van der Waals surface area contributed by atoms with Gasteiger partial charge in [0, 0.05) is 29.7 Å². The molecule has 2 aliphatic heterocycles. The quantitative estimate of drug-likeness (QED) is 0.202. The molecule has 7 aliphatic rings. The molecule has 5 fully saturated rings. The molecule has 4 saturated carbocycles. The van der Waals surface area contributed by atoms with E-state index >= 15 is 0 Å². The average molecular weight is 726 g/mol. The number of nitrogens with one attached hydrogen (secondary N) is 1. The van der Waals surface area contributed by atoms with E-state index in [0.29, 0.717) is 45.7 Å². The number of allylic oxidation sites excluding steroid dienone is 2. The molecule has 0 aromatic heterocycles. The first kappa shape index (κ1) is 35.3. The van der Waals surface area contributed by atoms with Gasteiger partial charge in [-0.25, -0.2) is 0 Å². The molecule has 2 heterocycles. The Morgan fingerprint density at radius 3 is 2.57 bits per heavy atom. The van der Waals surface area contributed by atoms with Crippen molar-refractivity contribution in [2.24, 2.45) is 51.8 Å². The lowest BCUT2D eigenvalue weighted by Crippen LogP contribution is -2.53. The molecule has 5 aliphatic carbocycles. The van der Waals surface area contributed by atoms with Crippen molar-refractivity contribution in [3.8, 4) is 5.75 Å². The van der Waals surface area contributed by atoms with E-state index in [0.717, 1.165) is 43.1 Å². The lowest BCUT2D eigenvalue weighted by Gasteiger charge is -2.61. The Balaban J connectivity index is 1.12. The lowest BCUT2D eigenvalue weighted by molar-refractivity contribution is -0.0870. The van der Waals surface area contributed by atoms with Gasteiger partial charge in [-0.1, -0.05) is 71.0 Å². The van der Waals surface area contributed by atoms with Crippen molar-refractivity contribution in [3.05, 3.63) is 76.9 Å². The number of fused-ring (bicyclic) bond motifs is 12. The zero-order chi connectivity index (χ0) is 34.8. The van der Waals surface area contributed by atoms with Gasteiger partial charge in [-0.15, -0.1) is 0 Å². The van der Waals surface area contributed by atoms with Crippen LogP contribution in [0.1, 0.15) is 126 Å². The predicted octanol–water partition coefficient (Wildman–Crippen LogP) is 10.9. The highest BCUT2D eigenvalue weighted by Crippen LogP contribution is 2.71. The van der Waals surface area contributed by atoms with Gasteiger partial charge in [-0.05, 0) is 196 Å². The Kier molecular flexibility index (Phi) is 9.50. The first-order valence-electron chi connectivity index (χ1n) is 20.8. The van der Waals surface area contributed by atoms with E-state index in [2.05, 4.69) is 89.3 Å². The van der Waals surface area contributed by atoms with E-state index in [4.69, 9.17) is 0 Å². The highest BCUT2D eigenvalue weighted by molar-refractivity contribution is 8.77. The molecule has 3 nitrogen and oxygen atoms in total. The summed E-state index contributed by atoms with van der Waals surface area (Å²) in [5.41, 5.74) is 6.77.